The molecule has 1 atom stereocenters. The van der Waals surface area contributed by atoms with E-state index < -0.39 is 0 Å². The van der Waals surface area contributed by atoms with Crippen molar-refractivity contribution in [3.8, 4) is 68.3 Å². The fraction of sp³-hybridized carbons (Fsp3) is 0.0357. The fourth-order valence-electron chi connectivity index (χ4n) is 8.56. The number of nitriles is 2. The smallest absolute Gasteiger partial charge is 0.160 e. The molecule has 0 fully saturated rings. The first-order valence-corrected chi connectivity index (χ1v) is 20.3. The van der Waals surface area contributed by atoms with Gasteiger partial charge in [0.1, 0.15) is 0 Å². The van der Waals surface area contributed by atoms with Gasteiger partial charge in [-0.2, -0.15) is 10.5 Å². The normalized spacial score (nSPS) is 12.5. The molecule has 5 heteroatoms. The van der Waals surface area contributed by atoms with Crippen molar-refractivity contribution >= 4 is 17.1 Å². The van der Waals surface area contributed by atoms with Crippen molar-refractivity contribution in [2.45, 2.75) is 12.8 Å². The van der Waals surface area contributed by atoms with E-state index in [1.165, 1.54) is 33.4 Å². The summed E-state index contributed by atoms with van der Waals surface area (Å²) in [4.78, 5) is 12.2. The molecular formula is C56H37N5. The van der Waals surface area contributed by atoms with Crippen LogP contribution in [0.3, 0.4) is 0 Å². The summed E-state index contributed by atoms with van der Waals surface area (Å²) in [5.74, 6) is 0.777. The molecule has 9 aromatic rings. The Labute approximate surface area is 355 Å². The number of hydrogen-bond acceptors (Lipinski definition) is 5. The molecule has 0 spiro atoms. The van der Waals surface area contributed by atoms with Crippen molar-refractivity contribution in [2.75, 3.05) is 4.90 Å². The minimum absolute atomic E-state index is 0.0744. The topological polar surface area (TPSA) is 76.6 Å². The first kappa shape index (κ1) is 36.9. The SMILES string of the molecule is Cc1cc(-c2ccc(-c3cc(-c4ccccc4)nc(-c4ccccc4)n3)cc2)ccc1C1c2ccccc2-c2cc(N(c3ccc(C#N)cc3)c3ccc(C#N)cc3)ccc21. The van der Waals surface area contributed by atoms with E-state index in [4.69, 9.17) is 9.97 Å². The predicted molar refractivity (Wildman–Crippen MR) is 245 cm³/mol. The summed E-state index contributed by atoms with van der Waals surface area (Å²) in [6.45, 7) is 2.22. The highest BCUT2D eigenvalue weighted by molar-refractivity contribution is 5.87. The quantitative estimate of drug-likeness (QED) is 0.153. The van der Waals surface area contributed by atoms with Crippen LogP contribution in [0.15, 0.2) is 200 Å². The van der Waals surface area contributed by atoms with E-state index in [2.05, 4.69) is 139 Å². The summed E-state index contributed by atoms with van der Waals surface area (Å²) in [5, 5.41) is 19.0. The average Bonchev–Trinajstić information content (AvgIpc) is 3.66. The molecule has 0 saturated heterocycles. The van der Waals surface area contributed by atoms with Crippen molar-refractivity contribution in [2.24, 2.45) is 0 Å². The number of aromatic nitrogens is 2. The van der Waals surface area contributed by atoms with Crippen LogP contribution in [0.25, 0.3) is 56.2 Å². The van der Waals surface area contributed by atoms with Crippen LogP contribution >= 0.6 is 0 Å². The monoisotopic (exact) mass is 779 g/mol. The summed E-state index contributed by atoms with van der Waals surface area (Å²) in [7, 11) is 0. The molecule has 61 heavy (non-hydrogen) atoms. The molecule has 0 saturated carbocycles. The molecular weight excluding hydrogens is 743 g/mol. The first-order valence-electron chi connectivity index (χ1n) is 20.3. The summed E-state index contributed by atoms with van der Waals surface area (Å²) < 4.78 is 0. The summed E-state index contributed by atoms with van der Waals surface area (Å²) >= 11 is 0. The van der Waals surface area contributed by atoms with Gasteiger partial charge in [0.15, 0.2) is 5.82 Å². The summed E-state index contributed by atoms with van der Waals surface area (Å²) in [6.07, 6.45) is 0. The second kappa shape index (κ2) is 15.8. The highest BCUT2D eigenvalue weighted by atomic mass is 15.1. The second-order valence-corrected chi connectivity index (χ2v) is 15.3. The minimum Gasteiger partial charge on any atom is -0.310 e. The van der Waals surface area contributed by atoms with Crippen molar-refractivity contribution in [1.29, 1.82) is 10.5 Å². The lowest BCUT2D eigenvalue weighted by Crippen LogP contribution is -2.10. The molecule has 0 N–H and O–H groups in total. The standard InChI is InChI=1S/C56H37N5/c1-37-32-44(40-20-22-42(23-21-40)54-34-53(41-10-4-2-5-11-41)59-56(60-54)43-12-6-3-7-13-43)24-30-48(37)55-50-15-9-8-14-49(50)52-33-47(29-31-51(52)55)61(45-25-16-38(35-57)17-26-45)46-27-18-39(36-58)19-28-46/h2-34,55H,1H3. The number of nitrogens with zero attached hydrogens (tertiary/aromatic N) is 5. The van der Waals surface area contributed by atoms with Crippen molar-refractivity contribution in [3.63, 3.8) is 0 Å². The van der Waals surface area contributed by atoms with Gasteiger partial charge in [-0.25, -0.2) is 9.97 Å². The zero-order valence-electron chi connectivity index (χ0n) is 33.4. The van der Waals surface area contributed by atoms with Gasteiger partial charge in [0.2, 0.25) is 0 Å². The largest absolute Gasteiger partial charge is 0.310 e. The van der Waals surface area contributed by atoms with E-state index in [1.54, 1.807) is 0 Å². The predicted octanol–water partition coefficient (Wildman–Crippen LogP) is 13.8. The van der Waals surface area contributed by atoms with Gasteiger partial charge in [0.05, 0.1) is 34.7 Å². The van der Waals surface area contributed by atoms with E-state index in [0.717, 1.165) is 56.3 Å². The van der Waals surface area contributed by atoms with Crippen molar-refractivity contribution < 1.29 is 0 Å². The maximum absolute atomic E-state index is 9.50. The zero-order chi connectivity index (χ0) is 41.3. The molecule has 0 bridgehead atoms. The molecule has 0 aliphatic heterocycles. The molecule has 10 rings (SSSR count). The number of anilines is 3. The van der Waals surface area contributed by atoms with E-state index >= 15 is 0 Å². The first-order chi connectivity index (χ1) is 30.0. The molecule has 0 radical (unpaired) electrons. The Balaban J connectivity index is 0.985. The Morgan fingerprint density at radius 1 is 0.410 bits per heavy atom. The van der Waals surface area contributed by atoms with Crippen LogP contribution in [-0.2, 0) is 0 Å². The Kier molecular flexibility index (Phi) is 9.54. The Morgan fingerprint density at radius 3 is 1.51 bits per heavy atom. The molecule has 1 aromatic heterocycles. The van der Waals surface area contributed by atoms with Crippen LogP contribution in [-0.4, -0.2) is 9.97 Å². The van der Waals surface area contributed by atoms with Crippen LogP contribution in [0.2, 0.25) is 0 Å². The molecule has 0 amide bonds. The summed E-state index contributed by atoms with van der Waals surface area (Å²) in [5.41, 5.74) is 18.7. The van der Waals surface area contributed by atoms with E-state index in [-0.39, 0.29) is 5.92 Å². The van der Waals surface area contributed by atoms with Gasteiger partial charge in [-0.05, 0) is 118 Å². The molecule has 1 heterocycles. The number of benzene rings is 8. The average molecular weight is 780 g/mol. The van der Waals surface area contributed by atoms with Gasteiger partial charge in [-0.1, -0.05) is 133 Å². The summed E-state index contributed by atoms with van der Waals surface area (Å²) in [6, 6.07) is 73.2. The molecule has 8 aromatic carbocycles. The maximum Gasteiger partial charge on any atom is 0.160 e. The zero-order valence-corrected chi connectivity index (χ0v) is 33.4. The van der Waals surface area contributed by atoms with Gasteiger partial charge in [-0.3, -0.25) is 0 Å². The van der Waals surface area contributed by atoms with Gasteiger partial charge >= 0.3 is 0 Å². The van der Waals surface area contributed by atoms with Crippen LogP contribution in [0.1, 0.15) is 39.3 Å². The molecule has 5 nitrogen and oxygen atoms in total. The van der Waals surface area contributed by atoms with Crippen LogP contribution < -0.4 is 4.90 Å². The Bertz CT molecular complexity index is 3030. The lowest BCUT2D eigenvalue weighted by atomic mass is 9.85. The van der Waals surface area contributed by atoms with Gasteiger partial charge in [0.25, 0.3) is 0 Å². The molecule has 1 unspecified atom stereocenters. The van der Waals surface area contributed by atoms with Crippen LogP contribution in [0.4, 0.5) is 17.1 Å². The Morgan fingerprint density at radius 2 is 0.902 bits per heavy atom. The van der Waals surface area contributed by atoms with E-state index in [0.29, 0.717) is 17.0 Å². The van der Waals surface area contributed by atoms with E-state index in [9.17, 15) is 10.5 Å². The van der Waals surface area contributed by atoms with Gasteiger partial charge in [-0.15, -0.1) is 0 Å². The number of aryl methyl sites for hydroxylation is 1. The second-order valence-electron chi connectivity index (χ2n) is 15.3. The van der Waals surface area contributed by atoms with Crippen molar-refractivity contribution in [3.05, 3.63) is 234 Å². The lowest BCUT2D eigenvalue weighted by molar-refractivity contribution is 0.997. The lowest BCUT2D eigenvalue weighted by Gasteiger charge is -2.26. The minimum atomic E-state index is 0.0744. The third kappa shape index (κ3) is 7.01. The maximum atomic E-state index is 9.50. The highest BCUT2D eigenvalue weighted by Gasteiger charge is 2.31. The van der Waals surface area contributed by atoms with Crippen LogP contribution in [0.5, 0.6) is 0 Å². The number of rotatable bonds is 8. The van der Waals surface area contributed by atoms with Crippen molar-refractivity contribution in [1.82, 2.24) is 9.97 Å². The van der Waals surface area contributed by atoms with Gasteiger partial charge in [0, 0.05) is 39.7 Å². The number of fused-ring (bicyclic) bond motifs is 3. The van der Waals surface area contributed by atoms with Crippen LogP contribution in [0, 0.1) is 29.6 Å². The fourth-order valence-corrected chi connectivity index (χ4v) is 8.56. The van der Waals surface area contributed by atoms with Gasteiger partial charge < -0.3 is 4.90 Å². The number of hydrogen-bond donors (Lipinski definition) is 0. The third-order valence-electron chi connectivity index (χ3n) is 11.6. The molecule has 286 valence electrons. The van der Waals surface area contributed by atoms with E-state index in [1.807, 2.05) is 84.9 Å². The molecule has 1 aliphatic carbocycles. The molecule has 1 aliphatic rings. The third-order valence-corrected chi connectivity index (χ3v) is 11.6. The Hall–Kier alpha value is -8.38. The highest BCUT2D eigenvalue weighted by Crippen LogP contribution is 2.51.